The lowest BCUT2D eigenvalue weighted by atomic mass is 10.1. The zero-order chi connectivity index (χ0) is 14.7. The average molecular weight is 298 g/mol. The molecule has 0 fully saturated rings. The second-order valence-electron chi connectivity index (χ2n) is 5.23. The molecule has 4 heteroatoms. The van der Waals surface area contributed by atoms with Gasteiger partial charge in [-0.3, -0.25) is 4.79 Å². The van der Waals surface area contributed by atoms with Crippen LogP contribution in [0.5, 0.6) is 0 Å². The predicted octanol–water partition coefficient (Wildman–Crippen LogP) is 3.44. The molecule has 108 valence electrons. The summed E-state index contributed by atoms with van der Waals surface area (Å²) >= 11 is 1.73. The van der Waals surface area contributed by atoms with Crippen LogP contribution in [-0.2, 0) is 17.6 Å². The highest BCUT2D eigenvalue weighted by molar-refractivity contribution is 7.09. The lowest BCUT2D eigenvalue weighted by Crippen LogP contribution is -2.27. The molecule has 3 aromatic rings. The van der Waals surface area contributed by atoms with Crippen molar-refractivity contribution in [2.75, 3.05) is 6.54 Å². The van der Waals surface area contributed by atoms with Crippen molar-refractivity contribution < 1.29 is 4.79 Å². The highest BCUT2D eigenvalue weighted by atomic mass is 32.1. The third kappa shape index (κ3) is 3.52. The third-order valence-electron chi connectivity index (χ3n) is 3.46. The minimum Gasteiger partial charge on any atom is -0.359 e. The number of fused-ring (bicyclic) bond motifs is 1. The van der Waals surface area contributed by atoms with E-state index in [0.29, 0.717) is 13.0 Å². The van der Waals surface area contributed by atoms with Gasteiger partial charge in [0, 0.05) is 22.6 Å². The Labute approximate surface area is 128 Å². The first-order valence-electron chi connectivity index (χ1n) is 7.08. The van der Waals surface area contributed by atoms with Crippen LogP contribution in [0.25, 0.3) is 10.9 Å². The smallest absolute Gasteiger partial charge is 0.224 e. The number of nitrogens with one attached hydrogen (secondary N) is 2. The number of aryl methyl sites for hydroxylation is 1. The minimum absolute atomic E-state index is 0.0816. The van der Waals surface area contributed by atoms with Crippen LogP contribution in [0.1, 0.15) is 16.1 Å². The Balaban J connectivity index is 1.55. The number of carbonyl (C=O) groups is 1. The number of carbonyl (C=O) groups excluding carboxylic acids is 1. The van der Waals surface area contributed by atoms with Crippen LogP contribution >= 0.6 is 11.3 Å². The van der Waals surface area contributed by atoms with E-state index in [4.69, 9.17) is 0 Å². The van der Waals surface area contributed by atoms with Gasteiger partial charge in [-0.05, 0) is 53.9 Å². The molecule has 0 aliphatic carbocycles. The van der Waals surface area contributed by atoms with Gasteiger partial charge in [0.05, 0.1) is 6.42 Å². The highest BCUT2D eigenvalue weighted by Crippen LogP contribution is 2.17. The van der Waals surface area contributed by atoms with E-state index >= 15 is 0 Å². The number of benzene rings is 1. The van der Waals surface area contributed by atoms with E-state index in [2.05, 4.69) is 33.9 Å². The summed E-state index contributed by atoms with van der Waals surface area (Å²) in [5.41, 5.74) is 3.31. The third-order valence-corrected chi connectivity index (χ3v) is 4.39. The number of aromatic amines is 1. The number of amides is 1. The first-order valence-corrected chi connectivity index (χ1v) is 7.96. The average Bonchev–Trinajstić information content (AvgIpc) is 3.06. The molecule has 3 rings (SSSR count). The van der Waals surface area contributed by atoms with Crippen LogP contribution < -0.4 is 5.32 Å². The van der Waals surface area contributed by atoms with Gasteiger partial charge in [-0.15, -0.1) is 11.3 Å². The second-order valence-corrected chi connectivity index (χ2v) is 6.26. The Morgan fingerprint density at radius 3 is 3.00 bits per heavy atom. The molecule has 0 radical (unpaired) electrons. The monoisotopic (exact) mass is 298 g/mol. The number of hydrogen-bond donors (Lipinski definition) is 2. The van der Waals surface area contributed by atoms with Crippen molar-refractivity contribution in [3.63, 3.8) is 0 Å². The molecule has 0 aliphatic rings. The van der Waals surface area contributed by atoms with Crippen molar-refractivity contribution in [1.29, 1.82) is 0 Å². The first kappa shape index (κ1) is 13.9. The summed E-state index contributed by atoms with van der Waals surface area (Å²) in [5, 5.41) is 6.21. The number of aromatic nitrogens is 1. The quantitative estimate of drug-likeness (QED) is 0.744. The van der Waals surface area contributed by atoms with Crippen LogP contribution in [0.15, 0.2) is 41.8 Å². The first-order chi connectivity index (χ1) is 10.2. The summed E-state index contributed by atoms with van der Waals surface area (Å²) in [6.45, 7) is 2.74. The van der Waals surface area contributed by atoms with E-state index in [1.807, 2.05) is 25.1 Å². The van der Waals surface area contributed by atoms with Gasteiger partial charge in [-0.1, -0.05) is 12.1 Å². The lowest BCUT2D eigenvalue weighted by molar-refractivity contribution is -0.120. The standard InChI is InChI=1S/C17H18N2OS/c1-12-9-14-10-13(4-5-16(14)19-12)11-17(20)18-7-6-15-3-2-8-21-15/h2-5,8-10,19H,6-7,11H2,1H3,(H,18,20). The van der Waals surface area contributed by atoms with Crippen LogP contribution in [-0.4, -0.2) is 17.4 Å². The summed E-state index contributed by atoms with van der Waals surface area (Å²) in [7, 11) is 0. The number of hydrogen-bond acceptors (Lipinski definition) is 2. The number of thiophene rings is 1. The summed E-state index contributed by atoms with van der Waals surface area (Å²) in [6, 6.07) is 12.4. The van der Waals surface area contributed by atoms with Crippen LogP contribution in [0.2, 0.25) is 0 Å². The van der Waals surface area contributed by atoms with Crippen LogP contribution in [0.3, 0.4) is 0 Å². The predicted molar refractivity (Wildman–Crippen MR) is 87.8 cm³/mol. The van der Waals surface area contributed by atoms with Crippen molar-refractivity contribution in [2.24, 2.45) is 0 Å². The summed E-state index contributed by atoms with van der Waals surface area (Å²) in [4.78, 5) is 16.6. The van der Waals surface area contributed by atoms with Crippen molar-refractivity contribution in [3.8, 4) is 0 Å². The molecule has 2 N–H and O–H groups in total. The summed E-state index contributed by atoms with van der Waals surface area (Å²) < 4.78 is 0. The maximum Gasteiger partial charge on any atom is 0.224 e. The second kappa shape index (κ2) is 6.14. The molecule has 0 saturated heterocycles. The van der Waals surface area contributed by atoms with E-state index in [1.165, 1.54) is 4.88 Å². The van der Waals surface area contributed by atoms with Crippen molar-refractivity contribution in [2.45, 2.75) is 19.8 Å². The van der Waals surface area contributed by atoms with Crippen LogP contribution in [0.4, 0.5) is 0 Å². The topological polar surface area (TPSA) is 44.9 Å². The largest absolute Gasteiger partial charge is 0.359 e. The van der Waals surface area contributed by atoms with Gasteiger partial charge in [-0.25, -0.2) is 0 Å². The summed E-state index contributed by atoms with van der Waals surface area (Å²) in [5.74, 6) is 0.0816. The zero-order valence-corrected chi connectivity index (χ0v) is 12.8. The fourth-order valence-corrected chi connectivity index (χ4v) is 3.17. The van der Waals surface area contributed by atoms with Crippen molar-refractivity contribution >= 4 is 28.1 Å². The molecule has 3 nitrogen and oxygen atoms in total. The Bertz CT molecular complexity index is 743. The Morgan fingerprint density at radius 1 is 1.29 bits per heavy atom. The Kier molecular flexibility index (Phi) is 4.06. The Hall–Kier alpha value is -2.07. The van der Waals surface area contributed by atoms with E-state index in [9.17, 15) is 4.79 Å². The SMILES string of the molecule is Cc1cc2cc(CC(=O)NCCc3cccs3)ccc2[nH]1. The highest BCUT2D eigenvalue weighted by Gasteiger charge is 2.05. The molecule has 1 aromatic carbocycles. The van der Waals surface area contributed by atoms with Gasteiger partial charge in [0.15, 0.2) is 0 Å². The van der Waals surface area contributed by atoms with E-state index < -0.39 is 0 Å². The molecule has 2 aromatic heterocycles. The molecule has 0 aliphatic heterocycles. The van der Waals surface area contributed by atoms with Crippen LogP contribution in [0, 0.1) is 6.92 Å². The molecule has 21 heavy (non-hydrogen) atoms. The van der Waals surface area contributed by atoms with Crippen molar-refractivity contribution in [3.05, 3.63) is 57.9 Å². The van der Waals surface area contributed by atoms with E-state index in [1.54, 1.807) is 11.3 Å². The number of rotatable bonds is 5. The van der Waals surface area contributed by atoms with Gasteiger partial charge in [0.1, 0.15) is 0 Å². The maximum absolute atomic E-state index is 12.0. The molecule has 0 atom stereocenters. The molecular formula is C17H18N2OS. The molecular weight excluding hydrogens is 280 g/mol. The lowest BCUT2D eigenvalue weighted by Gasteiger charge is -2.05. The minimum atomic E-state index is 0.0816. The zero-order valence-electron chi connectivity index (χ0n) is 12.0. The van der Waals surface area contributed by atoms with E-state index in [-0.39, 0.29) is 5.91 Å². The van der Waals surface area contributed by atoms with Gasteiger partial charge >= 0.3 is 0 Å². The molecule has 0 saturated carbocycles. The maximum atomic E-state index is 12.0. The fourth-order valence-electron chi connectivity index (χ4n) is 2.47. The van der Waals surface area contributed by atoms with E-state index in [0.717, 1.165) is 28.6 Å². The van der Waals surface area contributed by atoms with Gasteiger partial charge in [0.2, 0.25) is 5.91 Å². The number of H-pyrrole nitrogens is 1. The normalized spacial score (nSPS) is 10.9. The van der Waals surface area contributed by atoms with Crippen molar-refractivity contribution in [1.82, 2.24) is 10.3 Å². The molecule has 2 heterocycles. The fraction of sp³-hybridized carbons (Fsp3) is 0.235. The summed E-state index contributed by atoms with van der Waals surface area (Å²) in [6.07, 6.45) is 1.34. The van der Waals surface area contributed by atoms with Gasteiger partial charge in [-0.2, -0.15) is 0 Å². The Morgan fingerprint density at radius 2 is 2.19 bits per heavy atom. The molecule has 0 spiro atoms. The molecule has 0 unspecified atom stereocenters. The van der Waals surface area contributed by atoms with Gasteiger partial charge < -0.3 is 10.3 Å². The molecule has 0 bridgehead atoms. The van der Waals surface area contributed by atoms with Gasteiger partial charge in [0.25, 0.3) is 0 Å². The molecule has 1 amide bonds.